The Kier molecular flexibility index (Phi) is 18.2. The maximum Gasteiger partial charge on any atom is 0.315 e. The van der Waals surface area contributed by atoms with Crippen molar-refractivity contribution in [1.29, 1.82) is 0 Å². The average molecular weight is 702 g/mol. The van der Waals surface area contributed by atoms with Gasteiger partial charge in [-0.25, -0.2) is 9.00 Å². The summed E-state index contributed by atoms with van der Waals surface area (Å²) in [5, 5.41) is 24.3. The van der Waals surface area contributed by atoms with E-state index in [0.29, 0.717) is 38.9 Å². The number of rotatable bonds is 19. The minimum absolute atomic E-state index is 0.0744. The molecule has 1 aliphatic heterocycles. The van der Waals surface area contributed by atoms with Gasteiger partial charge in [-0.05, 0) is 43.7 Å². The van der Waals surface area contributed by atoms with Crippen molar-refractivity contribution in [3.63, 3.8) is 0 Å². The van der Waals surface area contributed by atoms with Crippen molar-refractivity contribution in [1.82, 2.24) is 35.8 Å². The van der Waals surface area contributed by atoms with Crippen LogP contribution in [0.25, 0.3) is 0 Å². The molecule has 7 N–H and O–H groups in total. The highest BCUT2D eigenvalue weighted by Gasteiger charge is 2.43. The standard InChI is InChI=1S/C31H55N7O7S2/c1-10-15-33-26(41)23(39)27(46-19-11-2)36-25(40)21-14-12-18-38(21)28(42)24(31(6,7)8)35-29(43)34-22(30(3,4)5)20-37(47(44)45)17-13-16-32-9/h2,10,21-22,24,27-28,32,42H,1,12-20H2,3-9H3,(H,33,41)(H,36,40)(H,44,45)(H2,34,35,43)/t21-,22+,24+,27?,28?/m0/s1. The number of aliphatic hydroxyl groups is 1. The summed E-state index contributed by atoms with van der Waals surface area (Å²) in [5.41, 5.74) is -1.16. The van der Waals surface area contributed by atoms with Crippen LogP contribution in [-0.4, -0.2) is 122 Å². The zero-order valence-corrected chi connectivity index (χ0v) is 30.4. The van der Waals surface area contributed by atoms with Gasteiger partial charge in [-0.3, -0.25) is 23.8 Å². The lowest BCUT2D eigenvalue weighted by atomic mass is 9.84. The van der Waals surface area contributed by atoms with Gasteiger partial charge < -0.3 is 31.7 Å². The molecule has 0 bridgehead atoms. The summed E-state index contributed by atoms with van der Waals surface area (Å²) in [6, 6.07) is -2.81. The molecule has 14 nitrogen and oxygen atoms in total. The zero-order valence-electron chi connectivity index (χ0n) is 28.8. The lowest BCUT2D eigenvalue weighted by molar-refractivity contribution is -0.139. The van der Waals surface area contributed by atoms with E-state index in [-0.39, 0.29) is 18.8 Å². The molecule has 268 valence electrons. The SMILES string of the molecule is C#CCSC(NC(=O)[C@@H]1CCCN1C(O)[C@@H](NC(=O)N[C@H](CN(CCCNC)S(=O)O)C(C)(C)C)C(C)(C)C)C(=O)C(=O)NCC=C. The molecule has 1 rings (SSSR count). The zero-order chi connectivity index (χ0) is 35.9. The number of urea groups is 1. The minimum Gasteiger partial charge on any atom is -0.376 e. The van der Waals surface area contributed by atoms with Gasteiger partial charge >= 0.3 is 6.03 Å². The maximum absolute atomic E-state index is 13.5. The predicted octanol–water partition coefficient (Wildman–Crippen LogP) is 0.626. The lowest BCUT2D eigenvalue weighted by Crippen LogP contribution is -2.63. The van der Waals surface area contributed by atoms with Crippen molar-refractivity contribution in [3.8, 4) is 12.3 Å². The number of carbonyl (C=O) groups is 4. The molecule has 6 atom stereocenters. The molecule has 1 aliphatic rings. The van der Waals surface area contributed by atoms with E-state index in [1.165, 1.54) is 10.4 Å². The van der Waals surface area contributed by atoms with Crippen LogP contribution in [0, 0.1) is 23.2 Å². The molecule has 0 radical (unpaired) electrons. The molecule has 47 heavy (non-hydrogen) atoms. The minimum atomic E-state index is -2.24. The monoisotopic (exact) mass is 701 g/mol. The van der Waals surface area contributed by atoms with E-state index in [1.54, 1.807) is 11.9 Å². The van der Waals surface area contributed by atoms with Gasteiger partial charge in [-0.2, -0.15) is 4.31 Å². The largest absolute Gasteiger partial charge is 0.376 e. The molecule has 0 spiro atoms. The summed E-state index contributed by atoms with van der Waals surface area (Å²) in [6.45, 7) is 16.3. The van der Waals surface area contributed by atoms with Gasteiger partial charge in [0, 0.05) is 32.2 Å². The van der Waals surface area contributed by atoms with Crippen molar-refractivity contribution in [2.24, 2.45) is 10.8 Å². The molecule has 3 unspecified atom stereocenters. The highest BCUT2D eigenvalue weighted by Crippen LogP contribution is 2.29. The van der Waals surface area contributed by atoms with Crippen LogP contribution < -0.4 is 26.6 Å². The molecule has 16 heteroatoms. The fourth-order valence-corrected chi connectivity index (χ4v) is 6.26. The highest BCUT2D eigenvalue weighted by atomic mass is 32.2. The highest BCUT2D eigenvalue weighted by molar-refractivity contribution is 8.00. The molecule has 0 aromatic rings. The van der Waals surface area contributed by atoms with Gasteiger partial charge in [0.1, 0.15) is 11.6 Å². The van der Waals surface area contributed by atoms with E-state index >= 15 is 0 Å². The Morgan fingerprint density at radius 1 is 1.15 bits per heavy atom. The van der Waals surface area contributed by atoms with Crippen molar-refractivity contribution in [2.45, 2.75) is 90.5 Å². The Labute approximate surface area is 286 Å². The number of Topliss-reactive ketones (excluding diaryl/α,β-unsaturated/α-hetero) is 1. The van der Waals surface area contributed by atoms with Crippen LogP contribution in [0.3, 0.4) is 0 Å². The van der Waals surface area contributed by atoms with Crippen molar-refractivity contribution < 1.29 is 33.0 Å². The van der Waals surface area contributed by atoms with E-state index in [0.717, 1.165) is 11.8 Å². The van der Waals surface area contributed by atoms with Crippen LogP contribution >= 0.6 is 11.8 Å². The molecular formula is C31H55N7O7S2. The van der Waals surface area contributed by atoms with E-state index in [9.17, 15) is 33.0 Å². The third-order valence-corrected chi connectivity index (χ3v) is 9.49. The first-order valence-corrected chi connectivity index (χ1v) is 17.8. The van der Waals surface area contributed by atoms with E-state index in [2.05, 4.69) is 39.1 Å². The second-order valence-electron chi connectivity index (χ2n) is 13.5. The smallest absolute Gasteiger partial charge is 0.315 e. The van der Waals surface area contributed by atoms with Crippen LogP contribution in [0.5, 0.6) is 0 Å². The summed E-state index contributed by atoms with van der Waals surface area (Å²) in [5.74, 6) is 0.158. The van der Waals surface area contributed by atoms with Gasteiger partial charge in [0.05, 0.1) is 17.8 Å². The number of hydrogen-bond donors (Lipinski definition) is 7. The molecule has 4 amide bonds. The molecule has 0 aromatic carbocycles. The fraction of sp³-hybridized carbons (Fsp3) is 0.742. The van der Waals surface area contributed by atoms with Crippen molar-refractivity contribution >= 4 is 46.7 Å². The summed E-state index contributed by atoms with van der Waals surface area (Å²) in [4.78, 5) is 53.7. The van der Waals surface area contributed by atoms with E-state index in [4.69, 9.17) is 6.42 Å². The lowest BCUT2D eigenvalue weighted by Gasteiger charge is -2.41. The second kappa shape index (κ2) is 20.1. The normalized spacial score (nSPS) is 18.7. The molecule has 1 heterocycles. The van der Waals surface area contributed by atoms with Gasteiger partial charge in [-0.15, -0.1) is 24.8 Å². The molecule has 0 saturated carbocycles. The average Bonchev–Trinajstić information content (AvgIpc) is 3.48. The quantitative estimate of drug-likeness (QED) is 0.0251. The van der Waals surface area contributed by atoms with Gasteiger partial charge in [0.2, 0.25) is 17.2 Å². The maximum atomic E-state index is 13.5. The molecular weight excluding hydrogens is 647 g/mol. The number of nitrogens with zero attached hydrogens (tertiary/aromatic N) is 2. The van der Waals surface area contributed by atoms with Crippen LogP contribution in [-0.2, 0) is 25.7 Å². The Bertz CT molecular complexity index is 1140. The van der Waals surface area contributed by atoms with Gasteiger partial charge in [-0.1, -0.05) is 53.5 Å². The Balaban J connectivity index is 3.15. The van der Waals surface area contributed by atoms with Crippen LogP contribution in [0.15, 0.2) is 12.7 Å². The van der Waals surface area contributed by atoms with Crippen LogP contribution in [0.2, 0.25) is 0 Å². The molecule has 1 fully saturated rings. The van der Waals surface area contributed by atoms with Gasteiger partial charge in [0.15, 0.2) is 0 Å². The van der Waals surface area contributed by atoms with Gasteiger partial charge in [0.25, 0.3) is 11.7 Å². The Morgan fingerprint density at radius 2 is 1.81 bits per heavy atom. The summed E-state index contributed by atoms with van der Waals surface area (Å²) >= 11 is -1.31. The summed E-state index contributed by atoms with van der Waals surface area (Å²) in [6.07, 6.45) is 7.07. The molecule has 0 aromatic heterocycles. The number of hydrogen-bond acceptors (Lipinski definition) is 9. The third-order valence-electron chi connectivity index (χ3n) is 7.72. The fourth-order valence-electron chi connectivity index (χ4n) is 4.97. The summed E-state index contributed by atoms with van der Waals surface area (Å²) < 4.78 is 23.3. The molecule has 1 saturated heterocycles. The number of likely N-dealkylation sites (tertiary alicyclic amines) is 1. The molecule has 0 aliphatic carbocycles. The Morgan fingerprint density at radius 3 is 2.34 bits per heavy atom. The Hall–Kier alpha value is -2.52. The first-order valence-electron chi connectivity index (χ1n) is 15.7. The van der Waals surface area contributed by atoms with Crippen molar-refractivity contribution in [2.75, 3.05) is 45.5 Å². The van der Waals surface area contributed by atoms with Crippen molar-refractivity contribution in [3.05, 3.63) is 12.7 Å². The summed E-state index contributed by atoms with van der Waals surface area (Å²) in [7, 11) is 1.80. The van der Waals surface area contributed by atoms with Crippen LogP contribution in [0.1, 0.15) is 60.8 Å². The van der Waals surface area contributed by atoms with Crippen LogP contribution in [0.4, 0.5) is 4.79 Å². The number of thioether (sulfide) groups is 1. The topological polar surface area (TPSA) is 192 Å². The number of aliphatic hydroxyl groups excluding tert-OH is 1. The third kappa shape index (κ3) is 14.2. The first kappa shape index (κ1) is 42.5. The number of nitrogens with one attached hydrogen (secondary N) is 5. The predicted molar refractivity (Wildman–Crippen MR) is 186 cm³/mol. The number of carbonyl (C=O) groups excluding carboxylic acids is 4. The second-order valence-corrected chi connectivity index (χ2v) is 15.6. The number of amides is 4. The number of ketones is 1. The number of terminal acetylenes is 1. The van der Waals surface area contributed by atoms with E-state index in [1.807, 2.05) is 41.5 Å². The van der Waals surface area contributed by atoms with E-state index < -0.39 is 75.5 Å². The first-order chi connectivity index (χ1) is 21.9.